The Kier molecular flexibility index (Phi) is 7.89. The summed E-state index contributed by atoms with van der Waals surface area (Å²) >= 11 is 12.4. The summed E-state index contributed by atoms with van der Waals surface area (Å²) in [6.45, 7) is 1.92. The van der Waals surface area contributed by atoms with E-state index in [-0.39, 0.29) is 12.3 Å². The van der Waals surface area contributed by atoms with Gasteiger partial charge >= 0.3 is 5.97 Å². The van der Waals surface area contributed by atoms with Crippen molar-refractivity contribution in [3.8, 4) is 11.1 Å². The van der Waals surface area contributed by atoms with Crippen LogP contribution in [-0.4, -0.2) is 29.0 Å². The van der Waals surface area contributed by atoms with Gasteiger partial charge in [0.15, 0.2) is 0 Å². The highest BCUT2D eigenvalue weighted by molar-refractivity contribution is 6.33. The van der Waals surface area contributed by atoms with Crippen LogP contribution >= 0.6 is 23.2 Å². The summed E-state index contributed by atoms with van der Waals surface area (Å²) in [5.74, 6) is -0.962. The molecule has 0 spiro atoms. The molecule has 7 heteroatoms. The Balaban J connectivity index is 1.86. The first-order valence-electron chi connectivity index (χ1n) is 10.3. The number of amides is 1. The molecule has 1 N–H and O–H groups in total. The lowest BCUT2D eigenvalue weighted by atomic mass is 10.00. The van der Waals surface area contributed by atoms with E-state index in [9.17, 15) is 9.59 Å². The fraction of sp³-hybridized carbons (Fsp3) is 0.240. The third-order valence-electron chi connectivity index (χ3n) is 5.33. The van der Waals surface area contributed by atoms with E-state index in [2.05, 4.69) is 4.98 Å². The number of carboxylic acids is 1. The van der Waals surface area contributed by atoms with Gasteiger partial charge in [0.05, 0.1) is 0 Å². The summed E-state index contributed by atoms with van der Waals surface area (Å²) in [6, 6.07) is 14.6. The Hall–Kier alpha value is -2.89. The van der Waals surface area contributed by atoms with Crippen LogP contribution in [0.15, 0.2) is 54.7 Å². The lowest BCUT2D eigenvalue weighted by Gasteiger charge is -2.21. The molecule has 3 rings (SSSR count). The van der Waals surface area contributed by atoms with Gasteiger partial charge in [-0.25, -0.2) is 4.98 Å². The van der Waals surface area contributed by atoms with Crippen LogP contribution in [0.1, 0.15) is 40.7 Å². The van der Waals surface area contributed by atoms with Crippen LogP contribution in [0.5, 0.6) is 0 Å². The molecule has 1 heterocycles. The summed E-state index contributed by atoms with van der Waals surface area (Å²) in [5, 5.41) is 9.76. The summed E-state index contributed by atoms with van der Waals surface area (Å²) in [4.78, 5) is 29.8. The Morgan fingerprint density at radius 3 is 2.50 bits per heavy atom. The maximum atomic E-state index is 13.3. The summed E-state index contributed by atoms with van der Waals surface area (Å²) in [5.41, 5.74) is 4.75. The van der Waals surface area contributed by atoms with E-state index in [4.69, 9.17) is 28.3 Å². The van der Waals surface area contributed by atoms with Gasteiger partial charge in [-0.3, -0.25) is 9.59 Å². The van der Waals surface area contributed by atoms with E-state index in [0.29, 0.717) is 28.6 Å². The van der Waals surface area contributed by atoms with E-state index in [1.807, 2.05) is 31.2 Å². The predicted molar refractivity (Wildman–Crippen MR) is 129 cm³/mol. The van der Waals surface area contributed by atoms with Gasteiger partial charge in [0, 0.05) is 47.1 Å². The van der Waals surface area contributed by atoms with E-state index in [1.165, 1.54) is 0 Å². The highest BCUT2D eigenvalue weighted by Gasteiger charge is 2.18. The number of carbonyl (C=O) groups excluding carboxylic acids is 1. The zero-order valence-corrected chi connectivity index (χ0v) is 19.5. The fourth-order valence-electron chi connectivity index (χ4n) is 3.61. The number of pyridine rings is 1. The zero-order valence-electron chi connectivity index (χ0n) is 17.9. The summed E-state index contributed by atoms with van der Waals surface area (Å²) in [6.07, 6.45) is 3.82. The van der Waals surface area contributed by atoms with E-state index in [1.54, 1.807) is 42.4 Å². The first-order chi connectivity index (χ1) is 15.3. The van der Waals surface area contributed by atoms with Gasteiger partial charge in [0.25, 0.3) is 5.91 Å². The minimum absolute atomic E-state index is 0.142. The summed E-state index contributed by atoms with van der Waals surface area (Å²) < 4.78 is 0. The van der Waals surface area contributed by atoms with Crippen molar-refractivity contribution in [1.29, 1.82) is 0 Å². The molecule has 0 radical (unpaired) electrons. The number of nitrogens with zero attached hydrogens (tertiary/aromatic N) is 2. The molecule has 0 saturated heterocycles. The van der Waals surface area contributed by atoms with E-state index < -0.39 is 5.97 Å². The molecule has 5 nitrogen and oxygen atoms in total. The Morgan fingerprint density at radius 1 is 1.03 bits per heavy atom. The quantitative estimate of drug-likeness (QED) is 0.303. The number of aromatic nitrogens is 1. The van der Waals surface area contributed by atoms with E-state index in [0.717, 1.165) is 34.4 Å². The molecule has 0 unspecified atom stereocenters. The number of carboxylic acid groups (broad SMARTS) is 1. The molecule has 1 aromatic heterocycles. The number of hydrogen-bond acceptors (Lipinski definition) is 3. The lowest BCUT2D eigenvalue weighted by Crippen LogP contribution is -2.27. The molecule has 0 aliphatic heterocycles. The number of benzene rings is 2. The number of aliphatic carboxylic acids is 1. The molecule has 0 aliphatic carbocycles. The van der Waals surface area contributed by atoms with Crippen LogP contribution in [0.25, 0.3) is 11.1 Å². The minimum atomic E-state index is -0.796. The fourth-order valence-corrected chi connectivity index (χ4v) is 4.04. The van der Waals surface area contributed by atoms with Gasteiger partial charge in [0.2, 0.25) is 0 Å². The standard InChI is InChI=1S/C25H24Cl2N2O3/c1-16-13-23(27)28-15-20(16)19-14-18(11-12-21(19)26)25(32)29(2)22-9-5-3-7-17(22)8-4-6-10-24(30)31/h3,5,7,9,11-15H,4,6,8,10H2,1-2H3,(H,30,31). The van der Waals surface area contributed by atoms with Crippen molar-refractivity contribution in [3.63, 3.8) is 0 Å². The molecule has 166 valence electrons. The van der Waals surface area contributed by atoms with Crippen LogP contribution in [0.3, 0.4) is 0 Å². The van der Waals surface area contributed by atoms with Crippen LogP contribution in [0, 0.1) is 6.92 Å². The Bertz CT molecular complexity index is 1150. The van der Waals surface area contributed by atoms with Crippen molar-refractivity contribution >= 4 is 40.8 Å². The van der Waals surface area contributed by atoms with Crippen LogP contribution < -0.4 is 4.90 Å². The monoisotopic (exact) mass is 470 g/mol. The normalized spacial score (nSPS) is 10.8. The van der Waals surface area contributed by atoms with Gasteiger partial charge in [-0.15, -0.1) is 0 Å². The molecule has 0 aliphatic rings. The SMILES string of the molecule is Cc1cc(Cl)ncc1-c1cc(C(=O)N(C)c2ccccc2CCCCC(=O)O)ccc1Cl. The van der Waals surface area contributed by atoms with Gasteiger partial charge in [-0.2, -0.15) is 0 Å². The Morgan fingerprint density at radius 2 is 1.78 bits per heavy atom. The second-order valence-electron chi connectivity index (χ2n) is 7.61. The molecular formula is C25H24Cl2N2O3. The molecule has 2 aromatic carbocycles. The number of unbranched alkanes of at least 4 members (excludes halogenated alkanes) is 1. The van der Waals surface area contributed by atoms with Crippen molar-refractivity contribution in [3.05, 3.63) is 81.6 Å². The van der Waals surface area contributed by atoms with Gasteiger partial charge in [-0.1, -0.05) is 41.4 Å². The largest absolute Gasteiger partial charge is 0.481 e. The number of rotatable bonds is 8. The molecule has 0 atom stereocenters. The molecule has 32 heavy (non-hydrogen) atoms. The first-order valence-corrected chi connectivity index (χ1v) is 11.0. The van der Waals surface area contributed by atoms with Crippen molar-refractivity contribution in [2.75, 3.05) is 11.9 Å². The molecule has 1 amide bonds. The number of anilines is 1. The predicted octanol–water partition coefficient (Wildman–Crippen LogP) is 6.44. The average molecular weight is 471 g/mol. The van der Waals surface area contributed by atoms with Gasteiger partial charge < -0.3 is 10.0 Å². The molecule has 0 saturated carbocycles. The van der Waals surface area contributed by atoms with Crippen molar-refractivity contribution in [2.24, 2.45) is 0 Å². The van der Waals surface area contributed by atoms with Crippen molar-refractivity contribution < 1.29 is 14.7 Å². The van der Waals surface area contributed by atoms with Gasteiger partial charge in [-0.05, 0) is 67.6 Å². The smallest absolute Gasteiger partial charge is 0.303 e. The maximum absolute atomic E-state index is 13.3. The zero-order chi connectivity index (χ0) is 23.3. The molecular weight excluding hydrogens is 447 g/mol. The van der Waals surface area contributed by atoms with Crippen molar-refractivity contribution in [1.82, 2.24) is 4.98 Å². The lowest BCUT2D eigenvalue weighted by molar-refractivity contribution is -0.137. The van der Waals surface area contributed by atoms with Crippen molar-refractivity contribution in [2.45, 2.75) is 32.6 Å². The minimum Gasteiger partial charge on any atom is -0.481 e. The number of carbonyl (C=O) groups is 2. The molecule has 3 aromatic rings. The number of para-hydroxylation sites is 1. The third kappa shape index (κ3) is 5.67. The highest BCUT2D eigenvalue weighted by atomic mass is 35.5. The van der Waals surface area contributed by atoms with Crippen LogP contribution in [-0.2, 0) is 11.2 Å². The maximum Gasteiger partial charge on any atom is 0.303 e. The Labute approximate surface area is 197 Å². The molecule has 0 bridgehead atoms. The van der Waals surface area contributed by atoms with E-state index >= 15 is 0 Å². The highest BCUT2D eigenvalue weighted by Crippen LogP contribution is 2.32. The average Bonchev–Trinajstić information content (AvgIpc) is 2.76. The second-order valence-corrected chi connectivity index (χ2v) is 8.40. The second kappa shape index (κ2) is 10.6. The number of halogens is 2. The van der Waals surface area contributed by atoms with Gasteiger partial charge in [0.1, 0.15) is 5.15 Å². The van der Waals surface area contributed by atoms with Crippen LogP contribution in [0.2, 0.25) is 10.2 Å². The number of aryl methyl sites for hydroxylation is 2. The van der Waals surface area contributed by atoms with Crippen LogP contribution in [0.4, 0.5) is 5.69 Å². The molecule has 0 fully saturated rings. The summed E-state index contributed by atoms with van der Waals surface area (Å²) in [7, 11) is 1.74. The third-order valence-corrected chi connectivity index (χ3v) is 5.86. The first kappa shape index (κ1) is 23.8. The number of hydrogen-bond donors (Lipinski definition) is 1. The topological polar surface area (TPSA) is 70.5 Å².